The fourth-order valence-electron chi connectivity index (χ4n) is 1.81. The van der Waals surface area contributed by atoms with Crippen LogP contribution in [0.1, 0.15) is 11.1 Å². The first-order chi connectivity index (χ1) is 9.75. The van der Waals surface area contributed by atoms with Crippen molar-refractivity contribution in [1.29, 1.82) is 0 Å². The highest BCUT2D eigenvalue weighted by molar-refractivity contribution is 9.12. The van der Waals surface area contributed by atoms with E-state index in [-0.39, 0.29) is 5.91 Å². The zero-order chi connectivity index (χ0) is 14.2. The molecular weight excluding hydrogens is 314 g/mol. The summed E-state index contributed by atoms with van der Waals surface area (Å²) in [7, 11) is 0. The molecule has 0 saturated carbocycles. The van der Waals surface area contributed by atoms with Crippen LogP contribution >= 0.6 is 15.9 Å². The van der Waals surface area contributed by atoms with Crippen molar-refractivity contribution in [2.75, 3.05) is 6.54 Å². The standard InChI is InChI=1S/C17H16BrNO/c18-16(13-15-9-5-2-6-10-15)17(20)19-12-11-14-7-3-1-4-8-14/h1-10,13H,11-12H2,(H,19,20)/b16-13-. The van der Waals surface area contributed by atoms with Crippen molar-refractivity contribution in [2.45, 2.75) is 6.42 Å². The fraction of sp³-hybridized carbons (Fsp3) is 0.118. The molecule has 2 nitrogen and oxygen atoms in total. The Morgan fingerprint density at radius 1 is 1.00 bits per heavy atom. The zero-order valence-electron chi connectivity index (χ0n) is 11.1. The first-order valence-corrected chi connectivity index (χ1v) is 7.29. The van der Waals surface area contributed by atoms with E-state index in [1.54, 1.807) is 0 Å². The molecule has 0 bridgehead atoms. The molecule has 0 aliphatic rings. The van der Waals surface area contributed by atoms with Crippen molar-refractivity contribution in [1.82, 2.24) is 5.32 Å². The Bertz CT molecular complexity index is 578. The van der Waals surface area contributed by atoms with Crippen LogP contribution in [0, 0.1) is 0 Å². The van der Waals surface area contributed by atoms with E-state index in [0.717, 1.165) is 12.0 Å². The molecule has 1 amide bonds. The molecule has 0 radical (unpaired) electrons. The SMILES string of the molecule is O=C(NCCc1ccccc1)/C(Br)=C/c1ccccc1. The minimum atomic E-state index is -0.0928. The van der Waals surface area contributed by atoms with E-state index in [0.29, 0.717) is 11.0 Å². The van der Waals surface area contributed by atoms with Gasteiger partial charge in [-0.2, -0.15) is 0 Å². The second kappa shape index (κ2) is 7.65. The number of benzene rings is 2. The van der Waals surface area contributed by atoms with E-state index in [2.05, 4.69) is 33.4 Å². The third-order valence-electron chi connectivity index (χ3n) is 2.85. The highest BCUT2D eigenvalue weighted by Crippen LogP contribution is 2.12. The van der Waals surface area contributed by atoms with E-state index in [1.165, 1.54) is 5.56 Å². The molecule has 0 aliphatic heterocycles. The van der Waals surface area contributed by atoms with E-state index in [9.17, 15) is 4.79 Å². The quantitative estimate of drug-likeness (QED) is 0.831. The maximum absolute atomic E-state index is 11.9. The van der Waals surface area contributed by atoms with Crippen LogP contribution in [0.25, 0.3) is 6.08 Å². The lowest BCUT2D eigenvalue weighted by Crippen LogP contribution is -2.25. The van der Waals surface area contributed by atoms with Gasteiger partial charge in [-0.1, -0.05) is 60.7 Å². The lowest BCUT2D eigenvalue weighted by Gasteiger charge is -2.05. The average molecular weight is 330 g/mol. The Hall–Kier alpha value is -1.87. The van der Waals surface area contributed by atoms with E-state index >= 15 is 0 Å². The monoisotopic (exact) mass is 329 g/mol. The van der Waals surface area contributed by atoms with Gasteiger partial charge in [0.2, 0.25) is 0 Å². The molecule has 0 unspecified atom stereocenters. The normalized spacial score (nSPS) is 11.2. The first kappa shape index (κ1) is 14.5. The molecule has 1 N–H and O–H groups in total. The third-order valence-corrected chi connectivity index (χ3v) is 3.44. The molecule has 2 rings (SSSR count). The van der Waals surface area contributed by atoms with Crippen molar-refractivity contribution in [3.63, 3.8) is 0 Å². The molecule has 0 saturated heterocycles. The van der Waals surface area contributed by atoms with Crippen molar-refractivity contribution < 1.29 is 4.79 Å². The molecule has 0 spiro atoms. The van der Waals surface area contributed by atoms with Gasteiger partial charge >= 0.3 is 0 Å². The van der Waals surface area contributed by atoms with Gasteiger partial charge < -0.3 is 5.32 Å². The second-order valence-corrected chi connectivity index (χ2v) is 5.25. The number of rotatable bonds is 5. The van der Waals surface area contributed by atoms with E-state index in [1.807, 2.05) is 54.6 Å². The minimum absolute atomic E-state index is 0.0928. The zero-order valence-corrected chi connectivity index (χ0v) is 12.6. The fourth-order valence-corrected chi connectivity index (χ4v) is 2.22. The summed E-state index contributed by atoms with van der Waals surface area (Å²) in [5.74, 6) is -0.0928. The smallest absolute Gasteiger partial charge is 0.258 e. The number of carbonyl (C=O) groups excluding carboxylic acids is 1. The van der Waals surface area contributed by atoms with Gasteiger partial charge in [-0.25, -0.2) is 0 Å². The predicted molar refractivity (Wildman–Crippen MR) is 86.5 cm³/mol. The first-order valence-electron chi connectivity index (χ1n) is 6.50. The highest BCUT2D eigenvalue weighted by Gasteiger charge is 2.05. The molecule has 0 aromatic heterocycles. The lowest BCUT2D eigenvalue weighted by molar-refractivity contribution is -0.116. The summed E-state index contributed by atoms with van der Waals surface area (Å²) in [5, 5.41) is 2.90. The lowest BCUT2D eigenvalue weighted by atomic mass is 10.1. The Kier molecular flexibility index (Phi) is 5.56. The maximum atomic E-state index is 11.9. The van der Waals surface area contributed by atoms with Gasteiger partial charge in [-0.15, -0.1) is 0 Å². The number of nitrogens with one attached hydrogen (secondary N) is 1. The molecule has 0 heterocycles. The van der Waals surface area contributed by atoms with Crippen molar-refractivity contribution >= 4 is 27.9 Å². The predicted octanol–water partition coefficient (Wildman–Crippen LogP) is 3.78. The van der Waals surface area contributed by atoms with Gasteiger partial charge in [0.05, 0.1) is 4.48 Å². The van der Waals surface area contributed by atoms with Gasteiger partial charge in [0.1, 0.15) is 0 Å². The third kappa shape index (κ3) is 4.67. The summed E-state index contributed by atoms with van der Waals surface area (Å²) < 4.78 is 0.539. The summed E-state index contributed by atoms with van der Waals surface area (Å²) in [4.78, 5) is 11.9. The second-order valence-electron chi connectivity index (χ2n) is 4.39. The molecule has 2 aromatic carbocycles. The van der Waals surface area contributed by atoms with E-state index in [4.69, 9.17) is 0 Å². The van der Waals surface area contributed by atoms with Gasteiger partial charge in [0.15, 0.2) is 0 Å². The van der Waals surface area contributed by atoms with Crippen LogP contribution in [0.2, 0.25) is 0 Å². The number of halogens is 1. The van der Waals surface area contributed by atoms with Crippen LogP contribution in [-0.4, -0.2) is 12.5 Å². The Balaban J connectivity index is 1.84. The molecule has 0 aliphatic carbocycles. The Morgan fingerprint density at radius 2 is 1.60 bits per heavy atom. The topological polar surface area (TPSA) is 29.1 Å². The maximum Gasteiger partial charge on any atom is 0.258 e. The highest BCUT2D eigenvalue weighted by atomic mass is 79.9. The molecule has 20 heavy (non-hydrogen) atoms. The summed E-state index contributed by atoms with van der Waals surface area (Å²) >= 11 is 3.32. The summed E-state index contributed by atoms with van der Waals surface area (Å²) in [6, 6.07) is 19.9. The molecule has 2 aromatic rings. The number of amides is 1. The van der Waals surface area contributed by atoms with Gasteiger partial charge in [-0.05, 0) is 39.6 Å². The molecule has 102 valence electrons. The largest absolute Gasteiger partial charge is 0.351 e. The Labute approximate surface area is 127 Å². The van der Waals surface area contributed by atoms with Gasteiger partial charge in [0, 0.05) is 6.54 Å². The van der Waals surface area contributed by atoms with Crippen molar-refractivity contribution in [3.8, 4) is 0 Å². The van der Waals surface area contributed by atoms with Crippen LogP contribution in [0.4, 0.5) is 0 Å². The van der Waals surface area contributed by atoms with Gasteiger partial charge in [0.25, 0.3) is 5.91 Å². The number of hydrogen-bond donors (Lipinski definition) is 1. The average Bonchev–Trinajstić information content (AvgIpc) is 2.49. The summed E-state index contributed by atoms with van der Waals surface area (Å²) in [6.45, 7) is 0.626. The van der Waals surface area contributed by atoms with Crippen LogP contribution < -0.4 is 5.32 Å². The number of hydrogen-bond acceptors (Lipinski definition) is 1. The summed E-state index contributed by atoms with van der Waals surface area (Å²) in [5.41, 5.74) is 2.22. The van der Waals surface area contributed by atoms with Gasteiger partial charge in [-0.3, -0.25) is 4.79 Å². The molecule has 0 atom stereocenters. The van der Waals surface area contributed by atoms with Crippen LogP contribution in [0.15, 0.2) is 65.1 Å². The van der Waals surface area contributed by atoms with Crippen LogP contribution in [0.3, 0.4) is 0 Å². The summed E-state index contributed by atoms with van der Waals surface area (Å²) in [6.07, 6.45) is 2.65. The van der Waals surface area contributed by atoms with Crippen molar-refractivity contribution in [3.05, 3.63) is 76.3 Å². The van der Waals surface area contributed by atoms with Crippen LogP contribution in [0.5, 0.6) is 0 Å². The molecule has 3 heteroatoms. The molecule has 0 fully saturated rings. The van der Waals surface area contributed by atoms with Crippen molar-refractivity contribution in [2.24, 2.45) is 0 Å². The van der Waals surface area contributed by atoms with Crippen LogP contribution in [-0.2, 0) is 11.2 Å². The minimum Gasteiger partial charge on any atom is -0.351 e. The Morgan fingerprint density at radius 3 is 2.25 bits per heavy atom. The molecular formula is C17H16BrNO. The van der Waals surface area contributed by atoms with E-state index < -0.39 is 0 Å². The number of carbonyl (C=O) groups is 1.